The Hall–Kier alpha value is -1.72. The molecule has 0 spiro atoms. The molecule has 2 aromatic rings. The number of pyridine rings is 1. The minimum Gasteiger partial charge on any atom is -0.480 e. The van der Waals surface area contributed by atoms with Gasteiger partial charge in [0.05, 0.1) is 24.8 Å². The Labute approximate surface area is 150 Å². The first-order valence-electron chi connectivity index (χ1n) is 6.89. The zero-order valence-electron chi connectivity index (χ0n) is 13.5. The van der Waals surface area contributed by atoms with E-state index in [1.807, 2.05) is 0 Å². The molecule has 0 amide bonds. The highest BCUT2D eigenvalue weighted by Crippen LogP contribution is 2.39. The number of hydrogen-bond donors (Lipinski definition) is 0. The molecule has 11 heteroatoms. The van der Waals surface area contributed by atoms with E-state index >= 15 is 0 Å². The number of aromatic nitrogens is 3. The molecule has 0 saturated heterocycles. The van der Waals surface area contributed by atoms with Gasteiger partial charge in [-0.2, -0.15) is 18.2 Å². The minimum absolute atomic E-state index is 0.115. The van der Waals surface area contributed by atoms with Crippen LogP contribution in [-0.2, 0) is 10.4 Å². The summed E-state index contributed by atoms with van der Waals surface area (Å²) < 4.78 is 54.3. The van der Waals surface area contributed by atoms with E-state index in [1.54, 1.807) is 13.2 Å². The van der Waals surface area contributed by atoms with Crippen molar-refractivity contribution in [2.45, 2.75) is 18.3 Å². The maximum absolute atomic E-state index is 12.9. The second-order valence-electron chi connectivity index (χ2n) is 4.41. The number of nitrogens with zero attached hydrogens (tertiary/aromatic N) is 3. The number of rotatable bonds is 7. The van der Waals surface area contributed by atoms with Crippen molar-refractivity contribution in [3.63, 3.8) is 0 Å². The smallest absolute Gasteiger partial charge is 0.418 e. The number of thioether (sulfide) groups is 1. The molecule has 0 aliphatic heterocycles. The Morgan fingerprint density at radius 1 is 1.20 bits per heavy atom. The molecule has 0 fully saturated rings. The second-order valence-corrected chi connectivity index (χ2v) is 5.72. The molecule has 6 nitrogen and oxygen atoms in total. The topological polar surface area (TPSA) is 66.4 Å². The van der Waals surface area contributed by atoms with E-state index in [9.17, 15) is 13.2 Å². The third-order valence-corrected chi connectivity index (χ3v) is 3.97. The van der Waals surface area contributed by atoms with Gasteiger partial charge >= 0.3 is 6.18 Å². The normalized spacial score (nSPS) is 11.4. The van der Waals surface area contributed by atoms with Crippen LogP contribution in [0.2, 0.25) is 0 Å². The quantitative estimate of drug-likeness (QED) is 0.299. The van der Waals surface area contributed by atoms with Crippen LogP contribution in [0.5, 0.6) is 11.6 Å². The Morgan fingerprint density at radius 3 is 2.56 bits per heavy atom. The molecule has 0 radical (unpaired) electrons. The van der Waals surface area contributed by atoms with Gasteiger partial charge in [-0.25, -0.2) is 4.98 Å². The fourth-order valence-electron chi connectivity index (χ4n) is 1.74. The van der Waals surface area contributed by atoms with Gasteiger partial charge in [0.15, 0.2) is 10.9 Å². The molecule has 0 unspecified atom stereocenters. The molecule has 0 aliphatic carbocycles. The van der Waals surface area contributed by atoms with Gasteiger partial charge in [0.1, 0.15) is 5.69 Å². The van der Waals surface area contributed by atoms with Crippen molar-refractivity contribution in [3.8, 4) is 22.9 Å². The number of methoxy groups -OCH3 is 1. The van der Waals surface area contributed by atoms with E-state index in [2.05, 4.69) is 15.0 Å². The highest BCUT2D eigenvalue weighted by Gasteiger charge is 2.32. The van der Waals surface area contributed by atoms with Gasteiger partial charge < -0.3 is 8.92 Å². The van der Waals surface area contributed by atoms with Crippen LogP contribution in [0.4, 0.5) is 13.2 Å². The maximum atomic E-state index is 12.9. The number of hydrogen-bond acceptors (Lipinski definition) is 8. The molecule has 0 aromatic carbocycles. The van der Waals surface area contributed by atoms with E-state index in [0.717, 1.165) is 12.3 Å². The SMILES string of the molecule is CCOSOc1cc(C(F)(F)F)cnc1-c1cnc(SC)nc1OC. The lowest BCUT2D eigenvalue weighted by molar-refractivity contribution is -0.137. The van der Waals surface area contributed by atoms with Crippen molar-refractivity contribution in [2.24, 2.45) is 0 Å². The monoisotopic (exact) mass is 393 g/mol. The third-order valence-electron chi connectivity index (χ3n) is 2.83. The lowest BCUT2D eigenvalue weighted by atomic mass is 10.1. The van der Waals surface area contributed by atoms with Crippen LogP contribution in [0, 0.1) is 0 Å². The number of ether oxygens (including phenoxy) is 1. The van der Waals surface area contributed by atoms with Crippen LogP contribution in [0.1, 0.15) is 12.5 Å². The molecule has 0 saturated carbocycles. The van der Waals surface area contributed by atoms with Crippen molar-refractivity contribution in [2.75, 3.05) is 20.0 Å². The van der Waals surface area contributed by atoms with E-state index < -0.39 is 11.7 Å². The van der Waals surface area contributed by atoms with E-state index in [-0.39, 0.29) is 17.3 Å². The molecule has 0 atom stereocenters. The van der Waals surface area contributed by atoms with Crippen molar-refractivity contribution < 1.29 is 26.3 Å². The predicted molar refractivity (Wildman–Crippen MR) is 88.4 cm³/mol. The van der Waals surface area contributed by atoms with Crippen molar-refractivity contribution in [1.29, 1.82) is 0 Å². The van der Waals surface area contributed by atoms with Gasteiger partial charge in [0.25, 0.3) is 0 Å². The van der Waals surface area contributed by atoms with E-state index in [0.29, 0.717) is 29.7 Å². The third kappa shape index (κ3) is 4.89. The molecule has 2 heterocycles. The molecule has 25 heavy (non-hydrogen) atoms. The molecule has 0 aliphatic rings. The Kier molecular flexibility index (Phi) is 6.73. The van der Waals surface area contributed by atoms with Crippen LogP contribution in [0.3, 0.4) is 0 Å². The number of halogens is 3. The average Bonchev–Trinajstić information content (AvgIpc) is 2.60. The van der Waals surface area contributed by atoms with Crippen LogP contribution in [0.25, 0.3) is 11.3 Å². The summed E-state index contributed by atoms with van der Waals surface area (Å²) in [5, 5.41) is 0.457. The molecule has 136 valence electrons. The molecule has 0 bridgehead atoms. The van der Waals surface area contributed by atoms with Crippen molar-refractivity contribution in [3.05, 3.63) is 24.0 Å². The predicted octanol–water partition coefficient (Wildman–Crippen LogP) is 4.27. The largest absolute Gasteiger partial charge is 0.480 e. The Bertz CT molecular complexity index is 732. The van der Waals surface area contributed by atoms with Crippen molar-refractivity contribution in [1.82, 2.24) is 15.0 Å². The highest BCUT2D eigenvalue weighted by molar-refractivity contribution is 7.98. The van der Waals surface area contributed by atoms with Crippen LogP contribution in [0.15, 0.2) is 23.6 Å². The van der Waals surface area contributed by atoms with Crippen molar-refractivity contribution >= 4 is 24.1 Å². The Balaban J connectivity index is 2.52. The molecule has 0 N–H and O–H groups in total. The van der Waals surface area contributed by atoms with Gasteiger partial charge in [-0.3, -0.25) is 9.17 Å². The fraction of sp³-hybridized carbons (Fsp3) is 0.357. The summed E-state index contributed by atoms with van der Waals surface area (Å²) >= 11 is 1.86. The highest BCUT2D eigenvalue weighted by atomic mass is 32.2. The van der Waals surface area contributed by atoms with Gasteiger partial charge in [0, 0.05) is 12.4 Å². The first kappa shape index (κ1) is 19.6. The lowest BCUT2D eigenvalue weighted by Gasteiger charge is -2.14. The van der Waals surface area contributed by atoms with Gasteiger partial charge in [-0.05, 0) is 19.2 Å². The summed E-state index contributed by atoms with van der Waals surface area (Å²) in [6.07, 6.45) is -0.623. The van der Waals surface area contributed by atoms with Crippen LogP contribution >= 0.6 is 24.1 Å². The number of alkyl halides is 3. The molecule has 2 aromatic heterocycles. The Morgan fingerprint density at radius 2 is 1.96 bits per heavy atom. The standard InChI is InChI=1S/C14H14F3N3O3S2/c1-4-22-25-23-10-5-8(14(15,16)17)6-18-11(10)9-7-19-13(24-3)20-12(9)21-2/h5-7H,4H2,1-3H3. The van der Waals surface area contributed by atoms with E-state index in [4.69, 9.17) is 13.1 Å². The summed E-state index contributed by atoms with van der Waals surface area (Å²) in [6, 6.07) is 0.844. The summed E-state index contributed by atoms with van der Waals surface area (Å²) in [7, 11) is 1.40. The molecular weight excluding hydrogens is 379 g/mol. The van der Waals surface area contributed by atoms with E-state index in [1.165, 1.54) is 25.1 Å². The molecule has 2 rings (SSSR count). The lowest BCUT2D eigenvalue weighted by Crippen LogP contribution is -2.07. The summed E-state index contributed by atoms with van der Waals surface area (Å²) in [5.41, 5.74) is -0.519. The first-order chi connectivity index (χ1) is 11.9. The fourth-order valence-corrected chi connectivity index (χ4v) is 2.42. The zero-order chi connectivity index (χ0) is 18.4. The van der Waals surface area contributed by atoms with Gasteiger partial charge in [-0.1, -0.05) is 11.8 Å². The zero-order valence-corrected chi connectivity index (χ0v) is 15.1. The summed E-state index contributed by atoms with van der Waals surface area (Å²) in [4.78, 5) is 12.2. The average molecular weight is 393 g/mol. The van der Waals surface area contributed by atoms with Gasteiger partial charge in [0.2, 0.25) is 18.2 Å². The maximum Gasteiger partial charge on any atom is 0.418 e. The minimum atomic E-state index is -4.55. The first-order valence-corrected chi connectivity index (χ1v) is 8.78. The van der Waals surface area contributed by atoms with Crippen LogP contribution in [-0.4, -0.2) is 34.9 Å². The van der Waals surface area contributed by atoms with Gasteiger partial charge in [-0.15, -0.1) is 0 Å². The summed E-state index contributed by atoms with van der Waals surface area (Å²) in [6.45, 7) is 2.04. The molecular formula is C14H14F3N3O3S2. The summed E-state index contributed by atoms with van der Waals surface area (Å²) in [5.74, 6) is 0.0462. The second kappa shape index (κ2) is 8.59. The van der Waals surface area contributed by atoms with Crippen LogP contribution < -0.4 is 8.92 Å².